The van der Waals surface area contributed by atoms with Crippen LogP contribution in [0.25, 0.3) is 6.08 Å². The Balaban J connectivity index is 1.50. The number of fused-ring (bicyclic) bond motifs is 1. The summed E-state index contributed by atoms with van der Waals surface area (Å²) < 4.78 is 16.8. The van der Waals surface area contributed by atoms with Crippen LogP contribution in [0.15, 0.2) is 34.9 Å². The van der Waals surface area contributed by atoms with E-state index >= 15 is 0 Å². The van der Waals surface area contributed by atoms with E-state index in [4.69, 9.17) is 14.0 Å². The lowest BCUT2D eigenvalue weighted by atomic mass is 9.91. The summed E-state index contributed by atoms with van der Waals surface area (Å²) in [5.74, 6) is 1.44. The van der Waals surface area contributed by atoms with Crippen molar-refractivity contribution < 1.29 is 18.8 Å². The van der Waals surface area contributed by atoms with Gasteiger partial charge in [-0.25, -0.2) is 0 Å². The number of rotatable bonds is 3. The Kier molecular flexibility index (Phi) is 4.74. The van der Waals surface area contributed by atoms with Crippen molar-refractivity contribution in [3.63, 3.8) is 0 Å². The molecule has 0 bridgehead atoms. The van der Waals surface area contributed by atoms with Crippen LogP contribution in [-0.2, 0) is 11.3 Å². The van der Waals surface area contributed by atoms with Gasteiger partial charge in [0, 0.05) is 32.2 Å². The third kappa shape index (κ3) is 3.37. The number of para-hydroxylation sites is 1. The Labute approximate surface area is 158 Å². The van der Waals surface area contributed by atoms with Gasteiger partial charge in [-0.3, -0.25) is 4.79 Å². The average molecular weight is 368 g/mol. The lowest BCUT2D eigenvalue weighted by molar-refractivity contribution is 0.0717. The van der Waals surface area contributed by atoms with Crippen molar-refractivity contribution in [1.82, 2.24) is 10.1 Å². The van der Waals surface area contributed by atoms with Crippen LogP contribution in [0.5, 0.6) is 5.75 Å². The monoisotopic (exact) mass is 368 g/mol. The minimum Gasteiger partial charge on any atom is -0.483 e. The molecule has 1 aromatic carbocycles. The molecule has 1 atom stereocenters. The first-order valence-electron chi connectivity index (χ1n) is 9.32. The highest BCUT2D eigenvalue weighted by atomic mass is 16.5. The van der Waals surface area contributed by atoms with E-state index in [0.717, 1.165) is 36.1 Å². The summed E-state index contributed by atoms with van der Waals surface area (Å²) in [5, 5.41) is 3.98. The Bertz CT molecular complexity index is 873. The van der Waals surface area contributed by atoms with Gasteiger partial charge in [-0.1, -0.05) is 29.4 Å². The predicted octanol–water partition coefficient (Wildman–Crippen LogP) is 3.60. The Hall–Kier alpha value is -2.60. The first-order valence-corrected chi connectivity index (χ1v) is 9.32. The van der Waals surface area contributed by atoms with Crippen LogP contribution in [0.1, 0.15) is 46.6 Å². The van der Waals surface area contributed by atoms with Gasteiger partial charge in [0.05, 0.1) is 12.2 Å². The third-order valence-electron chi connectivity index (χ3n) is 5.39. The molecule has 4 rings (SSSR count). The molecule has 1 amide bonds. The normalized spacial score (nSPS) is 21.6. The van der Waals surface area contributed by atoms with Crippen LogP contribution in [0.4, 0.5) is 0 Å². The molecular weight excluding hydrogens is 344 g/mol. The Morgan fingerprint density at radius 1 is 1.30 bits per heavy atom. The highest BCUT2D eigenvalue weighted by Crippen LogP contribution is 2.37. The summed E-state index contributed by atoms with van der Waals surface area (Å²) in [6.07, 6.45) is 6.78. The van der Waals surface area contributed by atoms with Crippen molar-refractivity contribution in [2.24, 2.45) is 0 Å². The Morgan fingerprint density at radius 2 is 2.15 bits per heavy atom. The molecule has 6 nitrogen and oxygen atoms in total. The first-order chi connectivity index (χ1) is 13.1. The molecule has 2 aromatic rings. The molecule has 0 radical (unpaired) electrons. The fourth-order valence-corrected chi connectivity index (χ4v) is 3.83. The molecule has 27 heavy (non-hydrogen) atoms. The fourth-order valence-electron chi connectivity index (χ4n) is 3.83. The number of hydrogen-bond acceptors (Lipinski definition) is 5. The molecule has 1 spiro atoms. The van der Waals surface area contributed by atoms with Crippen molar-refractivity contribution in [2.75, 3.05) is 20.2 Å². The van der Waals surface area contributed by atoms with E-state index in [0.29, 0.717) is 31.2 Å². The zero-order valence-corrected chi connectivity index (χ0v) is 15.7. The number of ether oxygens (including phenoxy) is 2. The van der Waals surface area contributed by atoms with Crippen LogP contribution >= 0.6 is 0 Å². The smallest absolute Gasteiger partial charge is 0.276 e. The van der Waals surface area contributed by atoms with E-state index < -0.39 is 0 Å². The van der Waals surface area contributed by atoms with Gasteiger partial charge < -0.3 is 18.9 Å². The van der Waals surface area contributed by atoms with Crippen molar-refractivity contribution >= 4 is 12.0 Å². The van der Waals surface area contributed by atoms with E-state index in [1.807, 2.05) is 23.1 Å². The second-order valence-electron chi connectivity index (χ2n) is 7.18. The minimum atomic E-state index is -0.349. The molecule has 0 aliphatic carbocycles. The molecular formula is C21H24N2O4. The zero-order valence-electron chi connectivity index (χ0n) is 15.7. The molecule has 3 heterocycles. The van der Waals surface area contributed by atoms with Crippen molar-refractivity contribution in [3.05, 3.63) is 52.9 Å². The average Bonchev–Trinajstić information content (AvgIpc) is 2.92. The number of aromatic nitrogens is 1. The number of methoxy groups -OCH3 is 1. The van der Waals surface area contributed by atoms with Gasteiger partial charge in [0.25, 0.3) is 5.91 Å². The number of nitrogens with zero attached hydrogens (tertiary/aromatic N) is 2. The molecule has 142 valence electrons. The zero-order chi connectivity index (χ0) is 18.9. The summed E-state index contributed by atoms with van der Waals surface area (Å²) in [6.45, 7) is 3.41. The largest absolute Gasteiger partial charge is 0.483 e. The number of amides is 1. The van der Waals surface area contributed by atoms with Gasteiger partial charge >= 0.3 is 0 Å². The maximum atomic E-state index is 13.0. The van der Waals surface area contributed by atoms with Crippen LogP contribution in [0, 0.1) is 6.92 Å². The molecule has 1 fully saturated rings. The van der Waals surface area contributed by atoms with Gasteiger partial charge in [0.15, 0.2) is 5.69 Å². The second kappa shape index (κ2) is 7.19. The molecule has 0 N–H and O–H groups in total. The highest BCUT2D eigenvalue weighted by Gasteiger charge is 2.36. The van der Waals surface area contributed by atoms with Crippen LogP contribution in [0.2, 0.25) is 0 Å². The van der Waals surface area contributed by atoms with E-state index in [2.05, 4.69) is 23.4 Å². The molecule has 2 aliphatic heterocycles. The quantitative estimate of drug-likeness (QED) is 0.828. The molecule has 6 heteroatoms. The van der Waals surface area contributed by atoms with Crippen molar-refractivity contribution in [1.29, 1.82) is 0 Å². The van der Waals surface area contributed by atoms with Gasteiger partial charge in [-0.2, -0.15) is 0 Å². The number of benzene rings is 1. The summed E-state index contributed by atoms with van der Waals surface area (Å²) in [6, 6.07) is 8.05. The van der Waals surface area contributed by atoms with Crippen LogP contribution < -0.4 is 4.74 Å². The number of carbonyl (C=O) groups excluding carboxylic acids is 1. The number of likely N-dealkylation sites (tertiary alicyclic amines) is 1. The number of aryl methyl sites for hydroxylation is 1. The summed E-state index contributed by atoms with van der Waals surface area (Å²) in [4.78, 5) is 14.9. The summed E-state index contributed by atoms with van der Waals surface area (Å²) >= 11 is 0. The van der Waals surface area contributed by atoms with Crippen molar-refractivity contribution in [2.45, 2.75) is 38.4 Å². The van der Waals surface area contributed by atoms with E-state index in [1.54, 1.807) is 14.0 Å². The van der Waals surface area contributed by atoms with Gasteiger partial charge in [-0.05, 0) is 31.9 Å². The Morgan fingerprint density at radius 3 is 3.00 bits per heavy atom. The topological polar surface area (TPSA) is 64.8 Å². The molecule has 2 aliphatic rings. The molecule has 1 saturated heterocycles. The van der Waals surface area contributed by atoms with E-state index in [-0.39, 0.29) is 11.5 Å². The molecule has 1 aromatic heterocycles. The lowest BCUT2D eigenvalue weighted by Crippen LogP contribution is -2.38. The first kappa shape index (κ1) is 17.8. The molecule has 1 unspecified atom stereocenters. The van der Waals surface area contributed by atoms with Gasteiger partial charge in [-0.15, -0.1) is 0 Å². The summed E-state index contributed by atoms with van der Waals surface area (Å²) in [5.41, 5.74) is 1.83. The lowest BCUT2D eigenvalue weighted by Gasteiger charge is -2.34. The van der Waals surface area contributed by atoms with E-state index in [9.17, 15) is 4.79 Å². The summed E-state index contributed by atoms with van der Waals surface area (Å²) in [7, 11) is 1.60. The standard InChI is InChI=1S/C21H24N2O4/c1-15-17(14-25-2)19(22-27-15)20(24)23-12-5-9-21(11-13-23)10-8-16-6-3-4-7-18(16)26-21/h3-4,6-8,10H,5,9,11-14H2,1-2H3. The second-order valence-corrected chi connectivity index (χ2v) is 7.18. The maximum absolute atomic E-state index is 13.0. The number of hydrogen-bond donors (Lipinski definition) is 0. The minimum absolute atomic E-state index is 0.101. The van der Waals surface area contributed by atoms with Gasteiger partial charge in [0.2, 0.25) is 0 Å². The predicted molar refractivity (Wildman–Crippen MR) is 101 cm³/mol. The van der Waals surface area contributed by atoms with Crippen LogP contribution in [0.3, 0.4) is 0 Å². The highest BCUT2D eigenvalue weighted by molar-refractivity contribution is 5.93. The number of carbonyl (C=O) groups is 1. The van der Waals surface area contributed by atoms with Crippen molar-refractivity contribution in [3.8, 4) is 5.75 Å². The SMILES string of the molecule is COCc1c(C(=O)N2CCCC3(C=Cc4ccccc4O3)CC2)noc1C. The molecule has 0 saturated carbocycles. The maximum Gasteiger partial charge on any atom is 0.276 e. The fraction of sp³-hybridized carbons (Fsp3) is 0.429. The van der Waals surface area contributed by atoms with Gasteiger partial charge in [0.1, 0.15) is 17.1 Å². The van der Waals surface area contributed by atoms with E-state index in [1.165, 1.54) is 0 Å². The van der Waals surface area contributed by atoms with Crippen LogP contribution in [-0.4, -0.2) is 41.8 Å². The third-order valence-corrected chi connectivity index (χ3v) is 5.39.